The van der Waals surface area contributed by atoms with E-state index in [1.807, 2.05) is 19.1 Å². The number of nitrogens with zero attached hydrogens (tertiary/aromatic N) is 3. The molecule has 0 aliphatic heterocycles. The van der Waals surface area contributed by atoms with Crippen LogP contribution in [0.2, 0.25) is 10.3 Å². The fourth-order valence-corrected chi connectivity index (χ4v) is 1.68. The molecule has 0 amide bonds. The van der Waals surface area contributed by atoms with E-state index in [1.54, 1.807) is 13.1 Å². The maximum atomic E-state index is 5.96. The van der Waals surface area contributed by atoms with Crippen LogP contribution in [0.4, 0.5) is 0 Å². The van der Waals surface area contributed by atoms with E-state index < -0.39 is 0 Å². The lowest BCUT2D eigenvalue weighted by molar-refractivity contribution is 1.10. The Morgan fingerprint density at radius 1 is 1.06 bits per heavy atom. The van der Waals surface area contributed by atoms with Crippen molar-refractivity contribution in [1.29, 1.82) is 0 Å². The Morgan fingerprint density at radius 3 is 2.25 bits per heavy atom. The molecule has 0 saturated carbocycles. The molecule has 0 aliphatic rings. The van der Waals surface area contributed by atoms with E-state index in [0.717, 1.165) is 5.56 Å². The smallest absolute Gasteiger partial charge is 0.181 e. The molecule has 2 aromatic rings. The van der Waals surface area contributed by atoms with E-state index >= 15 is 0 Å². The maximum Gasteiger partial charge on any atom is 0.181 e. The number of pyridine rings is 1. The van der Waals surface area contributed by atoms with Crippen LogP contribution < -0.4 is 0 Å². The summed E-state index contributed by atoms with van der Waals surface area (Å²) in [5, 5.41) is 0.722. The summed E-state index contributed by atoms with van der Waals surface area (Å²) < 4.78 is 0. The summed E-state index contributed by atoms with van der Waals surface area (Å²) in [6, 6.07) is 3.80. The van der Waals surface area contributed by atoms with Crippen molar-refractivity contribution in [2.24, 2.45) is 0 Å². The van der Waals surface area contributed by atoms with Gasteiger partial charge in [0.2, 0.25) is 0 Å². The molecule has 0 atom stereocenters. The van der Waals surface area contributed by atoms with Gasteiger partial charge >= 0.3 is 0 Å². The van der Waals surface area contributed by atoms with Crippen molar-refractivity contribution >= 4 is 23.2 Å². The monoisotopic (exact) mass is 253 g/mol. The molecule has 2 heterocycles. The average Bonchev–Trinajstić information content (AvgIpc) is 2.26. The van der Waals surface area contributed by atoms with Crippen LogP contribution in [0.5, 0.6) is 0 Å². The normalized spacial score (nSPS) is 10.5. The van der Waals surface area contributed by atoms with E-state index in [1.165, 1.54) is 0 Å². The van der Waals surface area contributed by atoms with Crippen molar-refractivity contribution in [3.63, 3.8) is 0 Å². The summed E-state index contributed by atoms with van der Waals surface area (Å²) in [5.41, 5.74) is 2.37. The number of halogens is 2. The van der Waals surface area contributed by atoms with Crippen LogP contribution in [0.3, 0.4) is 0 Å². The summed E-state index contributed by atoms with van der Waals surface area (Å²) in [5.74, 6) is 0.457. The third-order valence-electron chi connectivity index (χ3n) is 2.25. The summed E-state index contributed by atoms with van der Waals surface area (Å²) in [6.45, 7) is 3.72. The third kappa shape index (κ3) is 2.01. The Hall–Kier alpha value is -1.19. The van der Waals surface area contributed by atoms with Gasteiger partial charge in [-0.3, -0.25) is 4.98 Å². The van der Waals surface area contributed by atoms with Gasteiger partial charge in [-0.05, 0) is 25.5 Å². The second-order valence-corrected chi connectivity index (χ2v) is 4.14. The van der Waals surface area contributed by atoms with Gasteiger partial charge in [0.25, 0.3) is 0 Å². The van der Waals surface area contributed by atoms with Crippen LogP contribution in [0.25, 0.3) is 11.5 Å². The minimum Gasteiger partial charge on any atom is -0.253 e. The minimum atomic E-state index is 0.361. The number of aromatic nitrogens is 3. The van der Waals surface area contributed by atoms with Crippen LogP contribution in [-0.4, -0.2) is 15.0 Å². The predicted molar refractivity (Wildman–Crippen MR) is 64.8 cm³/mol. The molecule has 2 rings (SSSR count). The largest absolute Gasteiger partial charge is 0.253 e. The highest BCUT2D eigenvalue weighted by molar-refractivity contribution is 6.34. The first-order valence-electron chi connectivity index (χ1n) is 4.71. The lowest BCUT2D eigenvalue weighted by Gasteiger charge is -2.05. The van der Waals surface area contributed by atoms with Crippen LogP contribution in [0.15, 0.2) is 18.3 Å². The molecule has 16 heavy (non-hydrogen) atoms. The van der Waals surface area contributed by atoms with Gasteiger partial charge in [-0.15, -0.1) is 0 Å². The van der Waals surface area contributed by atoms with Crippen LogP contribution in [0, 0.1) is 13.8 Å². The highest BCUT2D eigenvalue weighted by Gasteiger charge is 2.11. The number of rotatable bonds is 1. The number of hydrogen-bond donors (Lipinski definition) is 0. The average molecular weight is 254 g/mol. The molecular formula is C11H9Cl2N3. The van der Waals surface area contributed by atoms with E-state index in [-0.39, 0.29) is 0 Å². The van der Waals surface area contributed by atoms with Gasteiger partial charge in [-0.1, -0.05) is 29.3 Å². The van der Waals surface area contributed by atoms with Gasteiger partial charge in [0, 0.05) is 11.8 Å². The molecule has 0 aromatic carbocycles. The Kier molecular flexibility index (Phi) is 3.08. The predicted octanol–water partition coefficient (Wildman–Crippen LogP) is 3.46. The van der Waals surface area contributed by atoms with Crippen molar-refractivity contribution in [3.05, 3.63) is 39.8 Å². The molecule has 0 unspecified atom stereocenters. The molecule has 0 saturated heterocycles. The fourth-order valence-electron chi connectivity index (χ4n) is 1.29. The second-order valence-electron chi connectivity index (χ2n) is 3.42. The summed E-state index contributed by atoms with van der Waals surface area (Å²) in [4.78, 5) is 12.6. The quantitative estimate of drug-likeness (QED) is 0.731. The second kappa shape index (κ2) is 4.36. The molecule has 82 valence electrons. The minimum absolute atomic E-state index is 0.361. The Morgan fingerprint density at radius 2 is 1.69 bits per heavy atom. The molecule has 0 fully saturated rings. The van der Waals surface area contributed by atoms with Gasteiger partial charge in [0.05, 0.1) is 0 Å². The summed E-state index contributed by atoms with van der Waals surface area (Å²) >= 11 is 11.9. The lowest BCUT2D eigenvalue weighted by Crippen LogP contribution is -1.97. The number of aryl methyl sites for hydroxylation is 1. The van der Waals surface area contributed by atoms with Crippen molar-refractivity contribution in [2.45, 2.75) is 13.8 Å². The summed E-state index contributed by atoms with van der Waals surface area (Å²) in [6.07, 6.45) is 1.69. The molecule has 0 radical (unpaired) electrons. The summed E-state index contributed by atoms with van der Waals surface area (Å²) in [7, 11) is 0. The highest BCUT2D eigenvalue weighted by atomic mass is 35.5. The van der Waals surface area contributed by atoms with Crippen LogP contribution >= 0.6 is 23.2 Å². The molecule has 0 spiro atoms. The molecule has 3 nitrogen and oxygen atoms in total. The first-order chi connectivity index (χ1) is 7.59. The standard InChI is InChI=1S/C11H9Cl2N3/c1-6-4-3-5-14-8(6)11-15-9(12)7(2)10(13)16-11/h3-5H,1-2H3. The van der Waals surface area contributed by atoms with E-state index in [9.17, 15) is 0 Å². The molecule has 0 bridgehead atoms. The van der Waals surface area contributed by atoms with Gasteiger partial charge in [-0.25, -0.2) is 9.97 Å². The van der Waals surface area contributed by atoms with Gasteiger partial charge < -0.3 is 0 Å². The zero-order valence-corrected chi connectivity index (χ0v) is 10.3. The topological polar surface area (TPSA) is 38.7 Å². The zero-order chi connectivity index (χ0) is 11.7. The third-order valence-corrected chi connectivity index (χ3v) is 2.98. The maximum absolute atomic E-state index is 5.96. The molecule has 5 heteroatoms. The fraction of sp³-hybridized carbons (Fsp3) is 0.182. The van der Waals surface area contributed by atoms with Crippen molar-refractivity contribution in [2.75, 3.05) is 0 Å². The van der Waals surface area contributed by atoms with E-state index in [0.29, 0.717) is 27.4 Å². The Bertz CT molecular complexity index is 517. The molecule has 0 N–H and O–H groups in total. The van der Waals surface area contributed by atoms with Crippen molar-refractivity contribution < 1.29 is 0 Å². The lowest BCUT2D eigenvalue weighted by atomic mass is 10.2. The van der Waals surface area contributed by atoms with Gasteiger partial charge in [0.1, 0.15) is 16.0 Å². The van der Waals surface area contributed by atoms with Crippen molar-refractivity contribution in [3.8, 4) is 11.5 Å². The molecule has 0 aliphatic carbocycles. The SMILES string of the molecule is Cc1cccnc1-c1nc(Cl)c(C)c(Cl)n1. The molecular weight excluding hydrogens is 245 g/mol. The first-order valence-corrected chi connectivity index (χ1v) is 5.47. The molecule has 2 aromatic heterocycles. The Balaban J connectivity index is 2.62. The van der Waals surface area contributed by atoms with Gasteiger partial charge in [-0.2, -0.15) is 0 Å². The number of hydrogen-bond acceptors (Lipinski definition) is 3. The Labute approximate surface area is 103 Å². The van der Waals surface area contributed by atoms with E-state index in [4.69, 9.17) is 23.2 Å². The zero-order valence-electron chi connectivity index (χ0n) is 8.83. The van der Waals surface area contributed by atoms with Crippen LogP contribution in [-0.2, 0) is 0 Å². The first kappa shape index (κ1) is 11.3. The highest BCUT2D eigenvalue weighted by Crippen LogP contribution is 2.24. The van der Waals surface area contributed by atoms with E-state index in [2.05, 4.69) is 15.0 Å². The van der Waals surface area contributed by atoms with Crippen molar-refractivity contribution in [1.82, 2.24) is 15.0 Å². The van der Waals surface area contributed by atoms with Crippen LogP contribution in [0.1, 0.15) is 11.1 Å². The van der Waals surface area contributed by atoms with Gasteiger partial charge in [0.15, 0.2) is 5.82 Å².